The van der Waals surface area contributed by atoms with Crippen LogP contribution in [0.1, 0.15) is 12.8 Å². The molecule has 8 heteroatoms. The highest BCUT2D eigenvalue weighted by Crippen LogP contribution is 2.29. The number of halogens is 3. The van der Waals surface area contributed by atoms with Gasteiger partial charge in [-0.15, -0.1) is 0 Å². The van der Waals surface area contributed by atoms with Gasteiger partial charge < -0.3 is 15.0 Å². The smallest absolute Gasteiger partial charge is 0.244 e. The van der Waals surface area contributed by atoms with E-state index in [-0.39, 0.29) is 24.7 Å². The molecule has 0 spiro atoms. The molecule has 0 aromatic heterocycles. The molecule has 0 atom stereocenters. The maximum atomic E-state index is 12.8. The standard InChI is InChI=1S/C19H19Cl2FN2O3/c1-24(12-17(25)23-19-15(20)4-2-5-16(19)21)18(26)6-3-11-27-14-9-7-13(22)8-10-14/h2,4-5,7-10H,3,6,11-12H2,1H3,(H,23,25). The van der Waals surface area contributed by atoms with Crippen molar-refractivity contribution >= 4 is 40.7 Å². The summed E-state index contributed by atoms with van der Waals surface area (Å²) in [5, 5.41) is 3.25. The third-order valence-electron chi connectivity index (χ3n) is 3.65. The average Bonchev–Trinajstić information content (AvgIpc) is 2.63. The van der Waals surface area contributed by atoms with Gasteiger partial charge in [-0.1, -0.05) is 29.3 Å². The van der Waals surface area contributed by atoms with Gasteiger partial charge in [0.1, 0.15) is 11.6 Å². The third-order valence-corrected chi connectivity index (χ3v) is 4.28. The summed E-state index contributed by atoms with van der Waals surface area (Å²) in [4.78, 5) is 25.5. The quantitative estimate of drug-likeness (QED) is 0.654. The largest absolute Gasteiger partial charge is 0.494 e. The Balaban J connectivity index is 1.73. The van der Waals surface area contributed by atoms with Crippen molar-refractivity contribution in [2.24, 2.45) is 0 Å². The number of carbonyl (C=O) groups is 2. The summed E-state index contributed by atoms with van der Waals surface area (Å²) in [7, 11) is 1.54. The first kappa shape index (κ1) is 21.0. The topological polar surface area (TPSA) is 58.6 Å². The predicted octanol–water partition coefficient (Wildman–Crippen LogP) is 4.39. The van der Waals surface area contributed by atoms with Gasteiger partial charge >= 0.3 is 0 Å². The number of hydrogen-bond acceptors (Lipinski definition) is 3. The summed E-state index contributed by atoms with van der Waals surface area (Å²) in [6.07, 6.45) is 0.691. The van der Waals surface area contributed by atoms with Crippen LogP contribution >= 0.6 is 23.2 Å². The van der Waals surface area contributed by atoms with Crippen molar-refractivity contribution in [3.8, 4) is 5.75 Å². The summed E-state index contributed by atoms with van der Waals surface area (Å²) in [6, 6.07) is 10.5. The van der Waals surface area contributed by atoms with Crippen molar-refractivity contribution in [3.63, 3.8) is 0 Å². The fraction of sp³-hybridized carbons (Fsp3) is 0.263. The molecule has 0 aliphatic carbocycles. The number of benzene rings is 2. The van der Waals surface area contributed by atoms with Crippen molar-refractivity contribution in [2.75, 3.05) is 25.5 Å². The molecule has 0 saturated heterocycles. The molecular formula is C19H19Cl2FN2O3. The first-order valence-electron chi connectivity index (χ1n) is 8.23. The zero-order valence-electron chi connectivity index (χ0n) is 14.7. The van der Waals surface area contributed by atoms with Gasteiger partial charge in [-0.25, -0.2) is 4.39 Å². The molecule has 0 fully saturated rings. The van der Waals surface area contributed by atoms with E-state index >= 15 is 0 Å². The number of hydrogen-bond donors (Lipinski definition) is 1. The highest BCUT2D eigenvalue weighted by molar-refractivity contribution is 6.39. The van der Waals surface area contributed by atoms with Gasteiger partial charge in [-0.05, 0) is 42.8 Å². The SMILES string of the molecule is CN(CC(=O)Nc1c(Cl)cccc1Cl)C(=O)CCCOc1ccc(F)cc1. The number of amides is 2. The Labute approximate surface area is 167 Å². The van der Waals surface area contributed by atoms with Crippen LogP contribution in [0.3, 0.4) is 0 Å². The molecular weight excluding hydrogens is 394 g/mol. The molecule has 0 heterocycles. The minimum absolute atomic E-state index is 0.126. The van der Waals surface area contributed by atoms with Crippen LogP contribution in [0, 0.1) is 5.82 Å². The summed E-state index contributed by atoms with van der Waals surface area (Å²) < 4.78 is 18.2. The molecule has 27 heavy (non-hydrogen) atoms. The number of nitrogens with zero attached hydrogens (tertiary/aromatic N) is 1. The molecule has 5 nitrogen and oxygen atoms in total. The van der Waals surface area contributed by atoms with Crippen molar-refractivity contribution in [3.05, 3.63) is 58.3 Å². The van der Waals surface area contributed by atoms with E-state index in [4.69, 9.17) is 27.9 Å². The lowest BCUT2D eigenvalue weighted by Crippen LogP contribution is -2.35. The predicted molar refractivity (Wildman–Crippen MR) is 104 cm³/mol. The minimum Gasteiger partial charge on any atom is -0.494 e. The molecule has 2 rings (SSSR count). The second-order valence-electron chi connectivity index (χ2n) is 5.80. The van der Waals surface area contributed by atoms with Crippen molar-refractivity contribution in [1.29, 1.82) is 0 Å². The van der Waals surface area contributed by atoms with Crippen molar-refractivity contribution < 1.29 is 18.7 Å². The number of nitrogens with one attached hydrogen (secondary N) is 1. The van der Waals surface area contributed by atoms with Crippen molar-refractivity contribution in [2.45, 2.75) is 12.8 Å². The molecule has 2 aromatic carbocycles. The molecule has 0 aliphatic rings. The fourth-order valence-electron chi connectivity index (χ4n) is 2.23. The monoisotopic (exact) mass is 412 g/mol. The Morgan fingerprint density at radius 2 is 1.74 bits per heavy atom. The number of carbonyl (C=O) groups excluding carboxylic acids is 2. The maximum absolute atomic E-state index is 12.8. The van der Waals surface area contributed by atoms with Crippen LogP contribution in [-0.2, 0) is 9.59 Å². The van der Waals surface area contributed by atoms with E-state index in [1.807, 2.05) is 0 Å². The second-order valence-corrected chi connectivity index (χ2v) is 6.61. The Morgan fingerprint density at radius 3 is 2.37 bits per heavy atom. The van der Waals surface area contributed by atoms with Crippen LogP contribution in [0.15, 0.2) is 42.5 Å². The molecule has 0 unspecified atom stereocenters. The fourth-order valence-corrected chi connectivity index (χ4v) is 2.73. The van der Waals surface area contributed by atoms with Gasteiger partial charge in [0.25, 0.3) is 0 Å². The lowest BCUT2D eigenvalue weighted by molar-refractivity contribution is -0.133. The normalized spacial score (nSPS) is 10.4. The van der Waals surface area contributed by atoms with E-state index in [1.165, 1.54) is 36.2 Å². The lowest BCUT2D eigenvalue weighted by atomic mass is 10.3. The van der Waals surface area contributed by atoms with Crippen LogP contribution in [-0.4, -0.2) is 36.9 Å². The Morgan fingerprint density at radius 1 is 1.11 bits per heavy atom. The first-order chi connectivity index (χ1) is 12.9. The average molecular weight is 413 g/mol. The van der Waals surface area contributed by atoms with E-state index in [2.05, 4.69) is 5.32 Å². The Bertz CT molecular complexity index is 780. The van der Waals surface area contributed by atoms with E-state index in [0.29, 0.717) is 34.5 Å². The first-order valence-corrected chi connectivity index (χ1v) is 8.98. The lowest BCUT2D eigenvalue weighted by Gasteiger charge is -2.17. The van der Waals surface area contributed by atoms with E-state index in [0.717, 1.165) is 0 Å². The van der Waals surface area contributed by atoms with E-state index < -0.39 is 5.91 Å². The highest BCUT2D eigenvalue weighted by Gasteiger charge is 2.15. The number of rotatable bonds is 8. The molecule has 0 aliphatic heterocycles. The highest BCUT2D eigenvalue weighted by atomic mass is 35.5. The minimum atomic E-state index is -0.400. The molecule has 1 N–H and O–H groups in total. The zero-order chi connectivity index (χ0) is 19.8. The molecule has 2 amide bonds. The summed E-state index contributed by atoms with van der Waals surface area (Å²) >= 11 is 12.0. The molecule has 0 saturated carbocycles. The summed E-state index contributed by atoms with van der Waals surface area (Å²) in [5.74, 6) is -0.398. The van der Waals surface area contributed by atoms with Gasteiger partial charge in [0.15, 0.2) is 0 Å². The van der Waals surface area contributed by atoms with Crippen LogP contribution < -0.4 is 10.1 Å². The van der Waals surface area contributed by atoms with Crippen LogP contribution in [0.5, 0.6) is 5.75 Å². The number of anilines is 1. The third kappa shape index (κ3) is 6.73. The van der Waals surface area contributed by atoms with E-state index in [9.17, 15) is 14.0 Å². The van der Waals surface area contributed by atoms with Crippen molar-refractivity contribution in [1.82, 2.24) is 4.90 Å². The zero-order valence-corrected chi connectivity index (χ0v) is 16.2. The molecule has 2 aromatic rings. The molecule has 0 radical (unpaired) electrons. The van der Waals surface area contributed by atoms with Crippen LogP contribution in [0.4, 0.5) is 10.1 Å². The maximum Gasteiger partial charge on any atom is 0.244 e. The van der Waals surface area contributed by atoms with Crippen LogP contribution in [0.25, 0.3) is 0 Å². The summed E-state index contributed by atoms with van der Waals surface area (Å²) in [5.41, 5.74) is 0.319. The van der Waals surface area contributed by atoms with Gasteiger partial charge in [-0.3, -0.25) is 9.59 Å². The van der Waals surface area contributed by atoms with Gasteiger partial charge in [-0.2, -0.15) is 0 Å². The number of para-hydroxylation sites is 1. The van der Waals surface area contributed by atoms with E-state index in [1.54, 1.807) is 18.2 Å². The second kappa shape index (κ2) is 10.1. The summed E-state index contributed by atoms with van der Waals surface area (Å²) in [6.45, 7) is 0.186. The molecule has 0 bridgehead atoms. The Hall–Kier alpha value is -2.31. The van der Waals surface area contributed by atoms with Crippen LogP contribution in [0.2, 0.25) is 10.0 Å². The van der Waals surface area contributed by atoms with Gasteiger partial charge in [0.2, 0.25) is 11.8 Å². The number of ether oxygens (including phenoxy) is 1. The molecule has 144 valence electrons. The van der Waals surface area contributed by atoms with Gasteiger partial charge in [0, 0.05) is 13.5 Å². The Kier molecular flexibility index (Phi) is 7.88. The number of likely N-dealkylation sites (N-methyl/N-ethyl adjacent to an activating group) is 1. The van der Waals surface area contributed by atoms with Gasteiger partial charge in [0.05, 0.1) is 28.9 Å².